The second-order valence-corrected chi connectivity index (χ2v) is 10.8. The first-order valence-corrected chi connectivity index (χ1v) is 13.5. The highest BCUT2D eigenvalue weighted by Crippen LogP contribution is 2.33. The summed E-state index contributed by atoms with van der Waals surface area (Å²) < 4.78 is 34.0. The highest BCUT2D eigenvalue weighted by atomic mass is 32.2. The van der Waals surface area contributed by atoms with Gasteiger partial charge in [-0.1, -0.05) is 31.4 Å². The number of aromatic nitrogens is 1. The standard InChI is InChI=1S/C27H31N3O4S/c1-19(2)29-27(31)22-10-17-26(28-18-22)34-24-13-11-23(12-14-24)30-35(32,33)25-15-8-21(9-16-25)20-6-4-3-5-7-20/h8-20,30H,3-7H2,1-2H3,(H,29,31). The molecule has 0 spiro atoms. The lowest BCUT2D eigenvalue weighted by atomic mass is 9.84. The number of anilines is 1. The fourth-order valence-corrected chi connectivity index (χ4v) is 5.26. The van der Waals surface area contributed by atoms with Gasteiger partial charge in [0, 0.05) is 24.0 Å². The molecule has 1 fully saturated rings. The summed E-state index contributed by atoms with van der Waals surface area (Å²) in [6, 6.07) is 17.1. The monoisotopic (exact) mass is 493 g/mol. The molecule has 35 heavy (non-hydrogen) atoms. The largest absolute Gasteiger partial charge is 0.439 e. The van der Waals surface area contributed by atoms with Gasteiger partial charge in [0.05, 0.1) is 10.5 Å². The lowest BCUT2D eigenvalue weighted by molar-refractivity contribution is 0.0942. The molecule has 0 saturated heterocycles. The van der Waals surface area contributed by atoms with Crippen LogP contribution < -0.4 is 14.8 Å². The average Bonchev–Trinajstić information content (AvgIpc) is 2.86. The summed E-state index contributed by atoms with van der Waals surface area (Å²) in [7, 11) is -3.70. The topological polar surface area (TPSA) is 97.4 Å². The van der Waals surface area contributed by atoms with E-state index in [2.05, 4.69) is 15.0 Å². The quantitative estimate of drug-likeness (QED) is 0.410. The van der Waals surface area contributed by atoms with E-state index < -0.39 is 10.0 Å². The zero-order chi connectivity index (χ0) is 24.8. The Morgan fingerprint density at radius 3 is 2.23 bits per heavy atom. The molecule has 1 aromatic heterocycles. The van der Waals surface area contributed by atoms with Crippen LogP contribution in [0.5, 0.6) is 11.6 Å². The number of nitrogens with zero attached hydrogens (tertiary/aromatic N) is 1. The second kappa shape index (κ2) is 10.9. The van der Waals surface area contributed by atoms with Gasteiger partial charge < -0.3 is 10.1 Å². The minimum Gasteiger partial charge on any atom is -0.439 e. The Morgan fingerprint density at radius 2 is 1.63 bits per heavy atom. The summed E-state index contributed by atoms with van der Waals surface area (Å²) in [6.07, 6.45) is 7.56. The molecule has 0 atom stereocenters. The maximum atomic E-state index is 12.8. The van der Waals surface area contributed by atoms with Crippen molar-refractivity contribution in [3.63, 3.8) is 0 Å². The van der Waals surface area contributed by atoms with Gasteiger partial charge in [-0.05, 0) is 80.6 Å². The maximum absolute atomic E-state index is 12.8. The third-order valence-electron chi connectivity index (χ3n) is 6.01. The summed E-state index contributed by atoms with van der Waals surface area (Å²) in [5.41, 5.74) is 2.09. The Hall–Kier alpha value is -3.39. The first-order valence-electron chi connectivity index (χ1n) is 12.0. The average molecular weight is 494 g/mol. The molecule has 0 aliphatic heterocycles. The predicted molar refractivity (Wildman–Crippen MR) is 136 cm³/mol. The Kier molecular flexibility index (Phi) is 7.70. The Morgan fingerprint density at radius 1 is 0.943 bits per heavy atom. The highest BCUT2D eigenvalue weighted by Gasteiger charge is 2.18. The number of carbonyl (C=O) groups excluding carboxylic acids is 1. The zero-order valence-corrected chi connectivity index (χ0v) is 20.8. The number of nitrogens with one attached hydrogen (secondary N) is 2. The summed E-state index contributed by atoms with van der Waals surface area (Å²) in [4.78, 5) is 16.4. The van der Waals surface area contributed by atoms with Crippen LogP contribution in [0.15, 0.2) is 71.8 Å². The number of ether oxygens (including phenoxy) is 1. The first kappa shape index (κ1) is 24.7. The molecule has 8 heteroatoms. The van der Waals surface area contributed by atoms with Gasteiger partial charge in [-0.25, -0.2) is 13.4 Å². The summed E-state index contributed by atoms with van der Waals surface area (Å²) >= 11 is 0. The molecule has 0 radical (unpaired) electrons. The van der Waals surface area contributed by atoms with E-state index in [4.69, 9.17) is 4.74 Å². The van der Waals surface area contributed by atoms with Crippen LogP contribution in [0.3, 0.4) is 0 Å². The van der Waals surface area contributed by atoms with Crippen molar-refractivity contribution < 1.29 is 17.9 Å². The Balaban J connectivity index is 1.36. The van der Waals surface area contributed by atoms with Crippen molar-refractivity contribution in [2.75, 3.05) is 4.72 Å². The van der Waals surface area contributed by atoms with Crippen molar-refractivity contribution in [2.24, 2.45) is 0 Å². The fraction of sp³-hybridized carbons (Fsp3) is 0.333. The second-order valence-electron chi connectivity index (χ2n) is 9.15. The SMILES string of the molecule is CC(C)NC(=O)c1ccc(Oc2ccc(NS(=O)(=O)c3ccc(C4CCCCC4)cc3)cc2)nc1. The van der Waals surface area contributed by atoms with E-state index in [1.807, 2.05) is 26.0 Å². The molecule has 1 aliphatic rings. The normalized spacial score (nSPS) is 14.5. The van der Waals surface area contributed by atoms with E-state index in [9.17, 15) is 13.2 Å². The summed E-state index contributed by atoms with van der Waals surface area (Å²) in [6.45, 7) is 3.78. The molecule has 1 heterocycles. The molecular weight excluding hydrogens is 462 g/mol. The molecular formula is C27H31N3O4S. The van der Waals surface area contributed by atoms with Gasteiger partial charge in [0.25, 0.3) is 15.9 Å². The lowest BCUT2D eigenvalue weighted by Gasteiger charge is -2.22. The molecule has 0 unspecified atom stereocenters. The molecule has 184 valence electrons. The van der Waals surface area contributed by atoms with Crippen LogP contribution >= 0.6 is 0 Å². The smallest absolute Gasteiger partial charge is 0.261 e. The van der Waals surface area contributed by atoms with Gasteiger partial charge in [0.15, 0.2) is 0 Å². The first-order chi connectivity index (χ1) is 16.8. The lowest BCUT2D eigenvalue weighted by Crippen LogP contribution is -2.30. The van der Waals surface area contributed by atoms with Crippen LogP contribution in [0.4, 0.5) is 5.69 Å². The van der Waals surface area contributed by atoms with Crippen molar-refractivity contribution in [2.45, 2.75) is 62.8 Å². The number of hydrogen-bond acceptors (Lipinski definition) is 5. The van der Waals surface area contributed by atoms with Crippen LogP contribution in [0.2, 0.25) is 0 Å². The molecule has 7 nitrogen and oxygen atoms in total. The van der Waals surface area contributed by atoms with E-state index in [0.717, 1.165) is 0 Å². The molecule has 2 N–H and O–H groups in total. The molecule has 0 bridgehead atoms. The van der Waals surface area contributed by atoms with Crippen molar-refractivity contribution in [1.82, 2.24) is 10.3 Å². The van der Waals surface area contributed by atoms with Crippen LogP contribution in [-0.2, 0) is 10.0 Å². The van der Waals surface area contributed by atoms with Crippen molar-refractivity contribution in [1.29, 1.82) is 0 Å². The van der Waals surface area contributed by atoms with E-state index in [1.54, 1.807) is 48.5 Å². The third-order valence-corrected chi connectivity index (χ3v) is 7.41. The minimum atomic E-state index is -3.70. The molecule has 2 aromatic carbocycles. The van der Waals surface area contributed by atoms with E-state index in [0.29, 0.717) is 28.8 Å². The number of hydrogen-bond donors (Lipinski definition) is 2. The molecule has 1 amide bonds. The van der Waals surface area contributed by atoms with Crippen LogP contribution in [0.1, 0.15) is 67.8 Å². The van der Waals surface area contributed by atoms with Crippen LogP contribution in [-0.4, -0.2) is 25.4 Å². The summed E-state index contributed by atoms with van der Waals surface area (Å²) in [5.74, 6) is 1.16. The van der Waals surface area contributed by atoms with Gasteiger partial charge in [-0.15, -0.1) is 0 Å². The fourth-order valence-electron chi connectivity index (χ4n) is 4.20. The van der Waals surface area contributed by atoms with Crippen LogP contribution in [0, 0.1) is 0 Å². The van der Waals surface area contributed by atoms with E-state index in [-0.39, 0.29) is 16.8 Å². The van der Waals surface area contributed by atoms with Gasteiger partial charge >= 0.3 is 0 Å². The van der Waals surface area contributed by atoms with Crippen LogP contribution in [0.25, 0.3) is 0 Å². The maximum Gasteiger partial charge on any atom is 0.261 e. The number of pyridine rings is 1. The molecule has 1 aliphatic carbocycles. The van der Waals surface area contributed by atoms with E-state index >= 15 is 0 Å². The molecule has 1 saturated carbocycles. The number of benzene rings is 2. The Labute approximate surface area is 207 Å². The highest BCUT2D eigenvalue weighted by molar-refractivity contribution is 7.92. The van der Waals surface area contributed by atoms with Gasteiger partial charge in [0.2, 0.25) is 5.88 Å². The van der Waals surface area contributed by atoms with Gasteiger partial charge in [0.1, 0.15) is 5.75 Å². The number of sulfonamides is 1. The van der Waals surface area contributed by atoms with E-state index in [1.165, 1.54) is 43.9 Å². The molecule has 4 rings (SSSR count). The number of rotatable bonds is 8. The summed E-state index contributed by atoms with van der Waals surface area (Å²) in [5, 5.41) is 2.81. The number of carbonyl (C=O) groups is 1. The van der Waals surface area contributed by atoms with Crippen molar-refractivity contribution in [3.8, 4) is 11.6 Å². The van der Waals surface area contributed by atoms with Gasteiger partial charge in [-0.3, -0.25) is 9.52 Å². The molecule has 3 aromatic rings. The predicted octanol–water partition coefficient (Wildman–Crippen LogP) is 5.86. The van der Waals surface area contributed by atoms with Crippen molar-refractivity contribution in [3.05, 3.63) is 78.0 Å². The van der Waals surface area contributed by atoms with Gasteiger partial charge in [-0.2, -0.15) is 0 Å². The van der Waals surface area contributed by atoms with Crippen molar-refractivity contribution >= 4 is 21.6 Å². The number of amides is 1. The minimum absolute atomic E-state index is 0.0373. The third kappa shape index (κ3) is 6.60. The zero-order valence-electron chi connectivity index (χ0n) is 20.0. The Bertz CT molecular complexity index is 1230.